The number of nitrogens with zero attached hydrogens (tertiary/aromatic N) is 2. The number of nitrogens with one attached hydrogen (secondary N) is 1. The average molecular weight is 446 g/mol. The van der Waals surface area contributed by atoms with Gasteiger partial charge in [0.1, 0.15) is 5.56 Å². The van der Waals surface area contributed by atoms with Gasteiger partial charge in [-0.3, -0.25) is 0 Å². The van der Waals surface area contributed by atoms with Gasteiger partial charge in [0.2, 0.25) is 0 Å². The van der Waals surface area contributed by atoms with Gasteiger partial charge < -0.3 is 10.1 Å². The van der Waals surface area contributed by atoms with Crippen LogP contribution in [0.1, 0.15) is 28.5 Å². The van der Waals surface area contributed by atoms with E-state index in [4.69, 9.17) is 16.3 Å². The minimum absolute atomic E-state index is 0. The fraction of sp³-hybridized carbons (Fsp3) is 0.211. The van der Waals surface area contributed by atoms with Crippen molar-refractivity contribution in [3.8, 4) is 0 Å². The Balaban J connectivity index is 0.00000300. The smallest absolute Gasteiger partial charge is 0.417 e. The van der Waals surface area contributed by atoms with E-state index in [0.717, 1.165) is 12.1 Å². The Bertz CT molecular complexity index is 1060. The van der Waals surface area contributed by atoms with Gasteiger partial charge in [0.15, 0.2) is 5.65 Å². The van der Waals surface area contributed by atoms with Crippen molar-refractivity contribution >= 4 is 52.4 Å². The van der Waals surface area contributed by atoms with Crippen molar-refractivity contribution in [2.75, 3.05) is 11.9 Å². The second-order valence-electron chi connectivity index (χ2n) is 5.91. The maximum Gasteiger partial charge on any atom is 0.417 e. The number of rotatable bonds is 4. The van der Waals surface area contributed by atoms with Crippen LogP contribution in [0.3, 0.4) is 0 Å². The van der Waals surface area contributed by atoms with E-state index in [-0.39, 0.29) is 36.0 Å². The number of ether oxygens (including phenoxy) is 1. The van der Waals surface area contributed by atoms with Crippen LogP contribution in [0.4, 0.5) is 24.5 Å². The predicted octanol–water partition coefficient (Wildman–Crippen LogP) is 5.95. The Morgan fingerprint density at radius 1 is 1.24 bits per heavy atom. The lowest BCUT2D eigenvalue weighted by molar-refractivity contribution is -0.137. The minimum atomic E-state index is -4.61. The zero-order chi connectivity index (χ0) is 20.5. The normalized spacial score (nSPS) is 11.1. The number of aryl methyl sites for hydroxylation is 1. The molecule has 0 aliphatic carbocycles. The predicted molar refractivity (Wildman–Crippen MR) is 107 cm³/mol. The zero-order valence-corrected chi connectivity index (χ0v) is 16.9. The molecule has 0 amide bonds. The van der Waals surface area contributed by atoms with Crippen molar-refractivity contribution in [1.82, 2.24) is 9.97 Å². The Hall–Kier alpha value is -2.58. The molecule has 0 fully saturated rings. The molecule has 0 radical (unpaired) electrons. The van der Waals surface area contributed by atoms with E-state index >= 15 is 0 Å². The van der Waals surface area contributed by atoms with Crippen LogP contribution >= 0.6 is 24.0 Å². The summed E-state index contributed by atoms with van der Waals surface area (Å²) < 4.78 is 44.5. The van der Waals surface area contributed by atoms with E-state index in [9.17, 15) is 18.0 Å². The van der Waals surface area contributed by atoms with Gasteiger partial charge in [0.25, 0.3) is 0 Å². The summed E-state index contributed by atoms with van der Waals surface area (Å²) in [4.78, 5) is 20.8. The first-order valence-electron chi connectivity index (χ1n) is 8.28. The van der Waals surface area contributed by atoms with Gasteiger partial charge in [-0.25, -0.2) is 14.8 Å². The lowest BCUT2D eigenvalue weighted by Crippen LogP contribution is -2.10. The molecule has 0 atom stereocenters. The molecule has 0 saturated heterocycles. The first-order valence-corrected chi connectivity index (χ1v) is 8.65. The fourth-order valence-corrected chi connectivity index (χ4v) is 2.86. The lowest BCUT2D eigenvalue weighted by Gasteiger charge is -2.16. The van der Waals surface area contributed by atoms with Crippen molar-refractivity contribution in [1.29, 1.82) is 0 Å². The summed E-state index contributed by atoms with van der Waals surface area (Å²) in [5.74, 6) is -0.648. The molecule has 10 heteroatoms. The van der Waals surface area contributed by atoms with E-state index in [1.807, 2.05) is 0 Å². The molecule has 154 valence electrons. The van der Waals surface area contributed by atoms with Crippen molar-refractivity contribution in [3.05, 3.63) is 58.4 Å². The highest BCUT2D eigenvalue weighted by Gasteiger charge is 2.33. The highest BCUT2D eigenvalue weighted by Crippen LogP contribution is 2.37. The number of benzene rings is 1. The molecule has 0 aliphatic heterocycles. The maximum absolute atomic E-state index is 13.2. The minimum Gasteiger partial charge on any atom is -0.462 e. The molecule has 3 rings (SSSR count). The summed E-state index contributed by atoms with van der Waals surface area (Å²) in [5.41, 5.74) is 0.524. The number of hydrogen-bond donors (Lipinski definition) is 1. The van der Waals surface area contributed by atoms with Crippen LogP contribution in [0.2, 0.25) is 5.02 Å². The Labute approximate surface area is 175 Å². The van der Waals surface area contributed by atoms with E-state index < -0.39 is 22.7 Å². The number of pyridine rings is 2. The summed E-state index contributed by atoms with van der Waals surface area (Å²) in [6, 6.07) is 6.82. The van der Waals surface area contributed by atoms with Crippen molar-refractivity contribution in [2.24, 2.45) is 0 Å². The molecule has 0 spiro atoms. The van der Waals surface area contributed by atoms with Crippen molar-refractivity contribution in [2.45, 2.75) is 20.0 Å². The first-order chi connectivity index (χ1) is 13.2. The Morgan fingerprint density at radius 2 is 1.97 bits per heavy atom. The quantitative estimate of drug-likeness (QED) is 0.502. The van der Waals surface area contributed by atoms with Gasteiger partial charge in [-0.05, 0) is 44.2 Å². The van der Waals surface area contributed by atoms with Crippen molar-refractivity contribution < 1.29 is 22.7 Å². The second-order valence-corrected chi connectivity index (χ2v) is 6.32. The van der Waals surface area contributed by atoms with Crippen LogP contribution < -0.4 is 5.32 Å². The van der Waals surface area contributed by atoms with Gasteiger partial charge in [0.05, 0.1) is 22.9 Å². The molecule has 2 aromatic heterocycles. The first kappa shape index (κ1) is 22.7. The van der Waals surface area contributed by atoms with Gasteiger partial charge >= 0.3 is 12.1 Å². The maximum atomic E-state index is 13.2. The number of aromatic nitrogens is 2. The molecular weight excluding hydrogens is 430 g/mol. The molecule has 0 aliphatic rings. The SMILES string of the molecule is CCOC(=O)c1cnc2nc(C)ccc2c1Nc1ccc(Cl)c(C(F)(F)F)c1.Cl. The Kier molecular flexibility index (Phi) is 6.92. The number of halogens is 5. The highest BCUT2D eigenvalue weighted by molar-refractivity contribution is 6.31. The molecular formula is C19H16Cl2F3N3O2. The van der Waals surface area contributed by atoms with Gasteiger partial charge in [-0.15, -0.1) is 12.4 Å². The number of carbonyl (C=O) groups excluding carboxylic acids is 1. The van der Waals surface area contributed by atoms with Crippen LogP contribution in [0.5, 0.6) is 0 Å². The molecule has 3 aromatic rings. The molecule has 1 N–H and O–H groups in total. The van der Waals surface area contributed by atoms with Gasteiger partial charge in [-0.2, -0.15) is 13.2 Å². The summed E-state index contributed by atoms with van der Waals surface area (Å²) in [6.45, 7) is 3.57. The molecule has 0 unspecified atom stereocenters. The van der Waals surface area contributed by atoms with E-state index in [0.29, 0.717) is 16.7 Å². The second kappa shape index (κ2) is 8.84. The van der Waals surface area contributed by atoms with E-state index in [2.05, 4.69) is 15.3 Å². The zero-order valence-electron chi connectivity index (χ0n) is 15.3. The number of anilines is 2. The average Bonchev–Trinajstić information content (AvgIpc) is 2.62. The summed E-state index contributed by atoms with van der Waals surface area (Å²) in [6.07, 6.45) is -3.33. The topological polar surface area (TPSA) is 64.1 Å². The number of fused-ring (bicyclic) bond motifs is 1. The van der Waals surface area contributed by atoms with Crippen molar-refractivity contribution in [3.63, 3.8) is 0 Å². The number of alkyl halides is 3. The lowest BCUT2D eigenvalue weighted by atomic mass is 10.1. The fourth-order valence-electron chi connectivity index (χ4n) is 2.63. The molecule has 2 heterocycles. The van der Waals surface area contributed by atoms with Gasteiger partial charge in [-0.1, -0.05) is 11.6 Å². The highest BCUT2D eigenvalue weighted by atomic mass is 35.5. The van der Waals surface area contributed by atoms with Crippen LogP contribution in [0.15, 0.2) is 36.5 Å². The number of carbonyl (C=O) groups is 1. The third-order valence-corrected chi connectivity index (χ3v) is 4.24. The Morgan fingerprint density at radius 3 is 2.62 bits per heavy atom. The van der Waals surface area contributed by atoms with Crippen LogP contribution in [0, 0.1) is 6.92 Å². The monoisotopic (exact) mass is 445 g/mol. The third kappa shape index (κ3) is 4.89. The number of esters is 1. The largest absolute Gasteiger partial charge is 0.462 e. The summed E-state index contributed by atoms with van der Waals surface area (Å²) >= 11 is 5.68. The summed E-state index contributed by atoms with van der Waals surface area (Å²) in [5, 5.41) is 2.93. The van der Waals surface area contributed by atoms with Crippen LogP contribution in [0.25, 0.3) is 11.0 Å². The molecule has 0 bridgehead atoms. The molecule has 5 nitrogen and oxygen atoms in total. The standard InChI is InChI=1S/C19H15ClF3N3O2.ClH/c1-3-28-18(27)13-9-24-17-12(6-4-10(2)25-17)16(13)26-11-5-7-15(20)14(8-11)19(21,22)23;/h4-9H,3H2,1-2H3,(H,24,25,26);1H. The summed E-state index contributed by atoms with van der Waals surface area (Å²) in [7, 11) is 0. The van der Waals surface area contributed by atoms with Crippen LogP contribution in [-0.2, 0) is 10.9 Å². The van der Waals surface area contributed by atoms with E-state index in [1.165, 1.54) is 12.3 Å². The number of hydrogen-bond acceptors (Lipinski definition) is 5. The van der Waals surface area contributed by atoms with Gasteiger partial charge in [0, 0.05) is 23.0 Å². The molecule has 29 heavy (non-hydrogen) atoms. The van der Waals surface area contributed by atoms with Crippen LogP contribution in [-0.4, -0.2) is 22.5 Å². The molecule has 0 saturated carbocycles. The molecule has 1 aromatic carbocycles. The van der Waals surface area contributed by atoms with E-state index in [1.54, 1.807) is 26.0 Å². The third-order valence-electron chi connectivity index (χ3n) is 3.91.